The molecule has 2 atom stereocenters. The van der Waals surface area contributed by atoms with E-state index in [0.717, 1.165) is 23.2 Å². The van der Waals surface area contributed by atoms with Gasteiger partial charge in [-0.25, -0.2) is 4.99 Å². The summed E-state index contributed by atoms with van der Waals surface area (Å²) >= 11 is 1.46. The maximum absolute atomic E-state index is 12.7. The Balaban J connectivity index is 1.68. The van der Waals surface area contributed by atoms with Gasteiger partial charge in [0.2, 0.25) is 0 Å². The molecule has 0 aliphatic carbocycles. The zero-order valence-corrected chi connectivity index (χ0v) is 16.9. The molecule has 0 radical (unpaired) electrons. The van der Waals surface area contributed by atoms with E-state index in [2.05, 4.69) is 11.9 Å². The maximum Gasteiger partial charge on any atom is 0.271 e. The minimum absolute atomic E-state index is 0.0649. The van der Waals surface area contributed by atoms with Gasteiger partial charge in [-0.05, 0) is 23.6 Å². The molecule has 0 saturated heterocycles. The number of hydrogen-bond donors (Lipinski definition) is 0. The summed E-state index contributed by atoms with van der Waals surface area (Å²) < 4.78 is 0. The topological polar surface area (TPSA) is 88.2 Å². The summed E-state index contributed by atoms with van der Waals surface area (Å²) in [6, 6.07) is 13.9. The van der Waals surface area contributed by atoms with Crippen LogP contribution in [0, 0.1) is 16.0 Å². The number of rotatable bonds is 5. The van der Waals surface area contributed by atoms with E-state index in [1.807, 2.05) is 42.2 Å². The summed E-state index contributed by atoms with van der Waals surface area (Å²) in [6.07, 6.45) is 0.847. The van der Waals surface area contributed by atoms with Crippen molar-refractivity contribution in [2.45, 2.75) is 32.1 Å². The third kappa shape index (κ3) is 3.55. The smallest absolute Gasteiger partial charge is 0.271 e. The average molecular weight is 408 g/mol. The van der Waals surface area contributed by atoms with Crippen molar-refractivity contribution < 1.29 is 9.72 Å². The summed E-state index contributed by atoms with van der Waals surface area (Å²) in [5.41, 5.74) is 2.53. The Kier molecular flexibility index (Phi) is 5.19. The molecule has 0 fully saturated rings. The molecule has 2 heterocycles. The molecule has 2 aromatic rings. The molecule has 0 spiro atoms. The number of carbonyl (C=O) groups is 1. The highest BCUT2D eigenvalue weighted by Crippen LogP contribution is 2.37. The number of nitro benzene ring substituents is 1. The van der Waals surface area contributed by atoms with E-state index in [9.17, 15) is 14.9 Å². The molecule has 8 heteroatoms. The van der Waals surface area contributed by atoms with Gasteiger partial charge in [-0.1, -0.05) is 56.3 Å². The average Bonchev–Trinajstić information content (AvgIpc) is 3.09. The molecule has 0 N–H and O–H groups in total. The molecule has 148 valence electrons. The van der Waals surface area contributed by atoms with Crippen molar-refractivity contribution in [1.82, 2.24) is 4.90 Å². The van der Waals surface area contributed by atoms with E-state index >= 15 is 0 Å². The van der Waals surface area contributed by atoms with Gasteiger partial charge in [0.1, 0.15) is 11.9 Å². The maximum atomic E-state index is 12.7. The Morgan fingerprint density at radius 2 is 2.00 bits per heavy atom. The van der Waals surface area contributed by atoms with E-state index in [1.54, 1.807) is 12.1 Å². The monoisotopic (exact) mass is 408 g/mol. The second-order valence-electron chi connectivity index (χ2n) is 7.10. The lowest BCUT2D eigenvalue weighted by molar-refractivity contribution is -0.384. The van der Waals surface area contributed by atoms with Crippen molar-refractivity contribution in [3.8, 4) is 0 Å². The van der Waals surface area contributed by atoms with Gasteiger partial charge in [-0.3, -0.25) is 19.8 Å². The highest BCUT2D eigenvalue weighted by atomic mass is 32.2. The van der Waals surface area contributed by atoms with Crippen LogP contribution in [0.25, 0.3) is 0 Å². The number of hydrogen-bond acceptors (Lipinski definition) is 6. The van der Waals surface area contributed by atoms with Crippen LogP contribution in [-0.2, 0) is 10.5 Å². The van der Waals surface area contributed by atoms with E-state index in [0.29, 0.717) is 16.8 Å². The van der Waals surface area contributed by atoms with Gasteiger partial charge >= 0.3 is 0 Å². The molecule has 0 aromatic heterocycles. The number of amidine groups is 2. The summed E-state index contributed by atoms with van der Waals surface area (Å²) in [4.78, 5) is 34.5. The number of fused-ring (bicyclic) bond motifs is 3. The summed E-state index contributed by atoms with van der Waals surface area (Å²) in [5.74, 6) is 1.13. The Morgan fingerprint density at radius 1 is 1.21 bits per heavy atom. The van der Waals surface area contributed by atoms with Crippen molar-refractivity contribution in [3.05, 3.63) is 69.8 Å². The van der Waals surface area contributed by atoms with Gasteiger partial charge in [0.15, 0.2) is 5.17 Å². The van der Waals surface area contributed by atoms with Crippen molar-refractivity contribution in [2.75, 3.05) is 0 Å². The van der Waals surface area contributed by atoms with Crippen LogP contribution in [-0.4, -0.2) is 32.8 Å². The standard InChI is InChI=1S/C21H20N4O3S/c1-3-13(2)18-20(26)23-19-16-9-4-5-10-17(16)22-21(24(18)19)29-12-14-7-6-8-15(11-14)25(27)28/h4-11,13,18H,3,12H2,1-2H3. The molecule has 2 aromatic carbocycles. The Labute approximate surface area is 172 Å². The van der Waals surface area contributed by atoms with Gasteiger partial charge in [-0.15, -0.1) is 0 Å². The molecular weight excluding hydrogens is 388 g/mol. The minimum atomic E-state index is -0.397. The van der Waals surface area contributed by atoms with Crippen molar-refractivity contribution in [1.29, 1.82) is 0 Å². The fourth-order valence-electron chi connectivity index (χ4n) is 3.51. The second kappa shape index (κ2) is 7.79. The number of aliphatic imine (C=N–C) groups is 2. The first kappa shape index (κ1) is 19.3. The van der Waals surface area contributed by atoms with Gasteiger partial charge < -0.3 is 0 Å². The van der Waals surface area contributed by atoms with Crippen molar-refractivity contribution in [3.63, 3.8) is 0 Å². The normalized spacial score (nSPS) is 18.6. The summed E-state index contributed by atoms with van der Waals surface area (Å²) in [7, 11) is 0. The molecule has 1 amide bonds. The first-order valence-corrected chi connectivity index (χ1v) is 10.4. The minimum Gasteiger partial charge on any atom is -0.292 e. The number of carbonyl (C=O) groups excluding carboxylic acids is 1. The Hall–Kier alpha value is -3.00. The van der Waals surface area contributed by atoms with Gasteiger partial charge in [0.05, 0.1) is 10.6 Å². The highest BCUT2D eigenvalue weighted by Gasteiger charge is 2.43. The van der Waals surface area contributed by atoms with Crippen LogP contribution in [0.4, 0.5) is 11.4 Å². The van der Waals surface area contributed by atoms with E-state index < -0.39 is 4.92 Å². The lowest BCUT2D eigenvalue weighted by Crippen LogP contribution is -2.46. The zero-order valence-electron chi connectivity index (χ0n) is 16.1. The zero-order chi connectivity index (χ0) is 20.5. The lowest BCUT2D eigenvalue weighted by atomic mass is 9.97. The summed E-state index contributed by atoms with van der Waals surface area (Å²) in [6.45, 7) is 4.10. The summed E-state index contributed by atoms with van der Waals surface area (Å²) in [5, 5.41) is 11.7. The lowest BCUT2D eigenvalue weighted by Gasteiger charge is -2.33. The number of benzene rings is 2. The molecule has 29 heavy (non-hydrogen) atoms. The van der Waals surface area contributed by atoms with Gasteiger partial charge in [0.25, 0.3) is 11.6 Å². The number of non-ortho nitro benzene ring substituents is 1. The van der Waals surface area contributed by atoms with Crippen LogP contribution in [0.3, 0.4) is 0 Å². The first-order chi connectivity index (χ1) is 14.0. The molecule has 2 aliphatic heterocycles. The van der Waals surface area contributed by atoms with Crippen LogP contribution in [0.5, 0.6) is 0 Å². The number of thioether (sulfide) groups is 1. The predicted molar refractivity (Wildman–Crippen MR) is 115 cm³/mol. The fourth-order valence-corrected chi connectivity index (χ4v) is 4.49. The molecular formula is C21H20N4O3S. The van der Waals surface area contributed by atoms with Crippen LogP contribution in [0.1, 0.15) is 31.4 Å². The largest absolute Gasteiger partial charge is 0.292 e. The van der Waals surface area contributed by atoms with E-state index in [-0.39, 0.29) is 23.6 Å². The van der Waals surface area contributed by atoms with Crippen LogP contribution in [0.2, 0.25) is 0 Å². The van der Waals surface area contributed by atoms with E-state index in [1.165, 1.54) is 17.8 Å². The Bertz CT molecular complexity index is 1050. The molecule has 0 saturated carbocycles. The van der Waals surface area contributed by atoms with Gasteiger partial charge in [0, 0.05) is 23.4 Å². The molecule has 7 nitrogen and oxygen atoms in total. The predicted octanol–water partition coefficient (Wildman–Crippen LogP) is 4.53. The fraction of sp³-hybridized carbons (Fsp3) is 0.286. The SMILES string of the molecule is CCC(C)C1C(=O)N=C2c3ccccc3N=C(SCc3cccc([N+](=O)[O-])c3)N21. The van der Waals surface area contributed by atoms with Crippen molar-refractivity contribution in [2.24, 2.45) is 15.9 Å². The number of amides is 1. The first-order valence-electron chi connectivity index (χ1n) is 9.45. The number of nitrogens with zero attached hydrogens (tertiary/aromatic N) is 4. The molecule has 0 bridgehead atoms. The van der Waals surface area contributed by atoms with E-state index in [4.69, 9.17) is 4.99 Å². The molecule has 4 rings (SSSR count). The quantitative estimate of drug-likeness (QED) is 0.536. The number of para-hydroxylation sites is 1. The third-order valence-corrected chi connectivity index (χ3v) is 6.24. The highest BCUT2D eigenvalue weighted by molar-refractivity contribution is 8.13. The van der Waals surface area contributed by atoms with Crippen LogP contribution in [0.15, 0.2) is 58.5 Å². The Morgan fingerprint density at radius 3 is 2.76 bits per heavy atom. The molecule has 2 unspecified atom stereocenters. The second-order valence-corrected chi connectivity index (χ2v) is 8.04. The van der Waals surface area contributed by atoms with Gasteiger partial charge in [-0.2, -0.15) is 4.99 Å². The number of nitro groups is 1. The van der Waals surface area contributed by atoms with Crippen LogP contribution < -0.4 is 0 Å². The third-order valence-electron chi connectivity index (χ3n) is 5.21. The van der Waals surface area contributed by atoms with Crippen molar-refractivity contribution >= 4 is 40.0 Å². The molecule has 2 aliphatic rings. The van der Waals surface area contributed by atoms with Crippen LogP contribution >= 0.6 is 11.8 Å².